The molecule has 0 fully saturated rings. The van der Waals surface area contributed by atoms with Gasteiger partial charge in [0.1, 0.15) is 0 Å². The molecule has 0 radical (unpaired) electrons. The minimum Gasteiger partial charge on any atom is -0.421 e. The second-order valence-electron chi connectivity index (χ2n) is 3.40. The molecule has 0 aliphatic rings. The second kappa shape index (κ2) is 5.12. The number of alkyl halides is 3. The van der Waals surface area contributed by atoms with Crippen LogP contribution in [0, 0.1) is 5.82 Å². The third kappa shape index (κ3) is 3.40. The maximum Gasteiger partial charge on any atom is 0.433 e. The van der Waals surface area contributed by atoms with E-state index in [0.29, 0.717) is 10.5 Å². The summed E-state index contributed by atoms with van der Waals surface area (Å²) in [5, 5.41) is 0. The lowest BCUT2D eigenvalue weighted by molar-refractivity contribution is -0.141. The number of halogens is 5. The molecular formula is C11H5BrF4N2O. The van der Waals surface area contributed by atoms with Gasteiger partial charge in [-0.3, -0.25) is 0 Å². The van der Waals surface area contributed by atoms with Gasteiger partial charge in [0, 0.05) is 10.7 Å². The van der Waals surface area contributed by atoms with Gasteiger partial charge in [0.15, 0.2) is 17.3 Å². The largest absolute Gasteiger partial charge is 0.433 e. The Balaban J connectivity index is 2.31. The summed E-state index contributed by atoms with van der Waals surface area (Å²) in [6, 6.07) is 3.91. The molecule has 1 aromatic heterocycles. The lowest BCUT2D eigenvalue weighted by atomic mass is 10.3. The van der Waals surface area contributed by atoms with Crippen molar-refractivity contribution in [3.8, 4) is 11.8 Å². The Bertz CT molecular complexity index is 603. The molecule has 8 heteroatoms. The van der Waals surface area contributed by atoms with E-state index in [0.717, 1.165) is 12.3 Å². The van der Waals surface area contributed by atoms with Gasteiger partial charge in [-0.15, -0.1) is 0 Å². The Morgan fingerprint density at radius 2 is 1.89 bits per heavy atom. The normalized spacial score (nSPS) is 11.4. The number of hydrogen-bond acceptors (Lipinski definition) is 3. The van der Waals surface area contributed by atoms with Crippen molar-refractivity contribution in [2.75, 3.05) is 0 Å². The summed E-state index contributed by atoms with van der Waals surface area (Å²) < 4.78 is 56.0. The fraction of sp³-hybridized carbons (Fsp3) is 0.0909. The summed E-state index contributed by atoms with van der Waals surface area (Å²) in [6.07, 6.45) is -3.72. The lowest BCUT2D eigenvalue weighted by Gasteiger charge is -2.08. The number of aromatic nitrogens is 2. The minimum atomic E-state index is -4.61. The van der Waals surface area contributed by atoms with Crippen LogP contribution in [0.2, 0.25) is 0 Å². The smallest absolute Gasteiger partial charge is 0.421 e. The van der Waals surface area contributed by atoms with Crippen molar-refractivity contribution >= 4 is 15.9 Å². The summed E-state index contributed by atoms with van der Waals surface area (Å²) in [4.78, 5) is 6.67. The van der Waals surface area contributed by atoms with E-state index in [1.807, 2.05) is 0 Å². The monoisotopic (exact) mass is 336 g/mol. The second-order valence-corrected chi connectivity index (χ2v) is 4.31. The highest BCUT2D eigenvalue weighted by atomic mass is 79.9. The van der Waals surface area contributed by atoms with Crippen molar-refractivity contribution in [2.45, 2.75) is 6.18 Å². The summed E-state index contributed by atoms with van der Waals surface area (Å²) >= 11 is 3.09. The molecular weight excluding hydrogens is 332 g/mol. The zero-order valence-electron chi connectivity index (χ0n) is 9.08. The van der Waals surface area contributed by atoms with Crippen LogP contribution in [0.25, 0.3) is 0 Å². The van der Waals surface area contributed by atoms with Crippen LogP contribution in [-0.2, 0) is 6.18 Å². The highest BCUT2D eigenvalue weighted by Gasteiger charge is 2.33. The van der Waals surface area contributed by atoms with Crippen molar-refractivity contribution in [3.05, 3.63) is 46.4 Å². The fourth-order valence-corrected chi connectivity index (χ4v) is 1.54. The average Bonchev–Trinajstić information content (AvgIpc) is 2.33. The van der Waals surface area contributed by atoms with E-state index in [1.165, 1.54) is 12.1 Å². The Labute approximate surface area is 113 Å². The van der Waals surface area contributed by atoms with Crippen LogP contribution in [0.15, 0.2) is 34.9 Å². The van der Waals surface area contributed by atoms with Gasteiger partial charge in [0.2, 0.25) is 0 Å². The first kappa shape index (κ1) is 13.7. The van der Waals surface area contributed by atoms with Gasteiger partial charge in [-0.25, -0.2) is 9.37 Å². The van der Waals surface area contributed by atoms with E-state index in [1.54, 1.807) is 0 Å². The standard InChI is InChI=1S/C11H5BrF4N2O/c12-6-1-2-7(13)8(5-6)19-10-17-4-3-9(18-10)11(14,15)16/h1-5H. The summed E-state index contributed by atoms with van der Waals surface area (Å²) in [5.41, 5.74) is -1.16. The molecule has 0 spiro atoms. The summed E-state index contributed by atoms with van der Waals surface area (Å²) in [6.45, 7) is 0. The number of ether oxygens (including phenoxy) is 1. The topological polar surface area (TPSA) is 35.0 Å². The first-order chi connectivity index (χ1) is 8.86. The van der Waals surface area contributed by atoms with Gasteiger partial charge in [-0.2, -0.15) is 18.2 Å². The van der Waals surface area contributed by atoms with Crippen LogP contribution in [-0.4, -0.2) is 9.97 Å². The third-order valence-corrected chi connectivity index (χ3v) is 2.51. The van der Waals surface area contributed by atoms with Crippen molar-refractivity contribution < 1.29 is 22.3 Å². The van der Waals surface area contributed by atoms with Gasteiger partial charge in [0.05, 0.1) is 0 Å². The first-order valence-electron chi connectivity index (χ1n) is 4.89. The van der Waals surface area contributed by atoms with E-state index in [-0.39, 0.29) is 5.75 Å². The highest BCUT2D eigenvalue weighted by Crippen LogP contribution is 2.30. The molecule has 1 heterocycles. The molecule has 0 aliphatic heterocycles. The molecule has 0 saturated carbocycles. The van der Waals surface area contributed by atoms with E-state index in [4.69, 9.17) is 4.74 Å². The van der Waals surface area contributed by atoms with E-state index >= 15 is 0 Å². The lowest BCUT2D eigenvalue weighted by Crippen LogP contribution is -2.09. The number of nitrogens with zero attached hydrogens (tertiary/aromatic N) is 2. The van der Waals surface area contributed by atoms with Crippen LogP contribution in [0.3, 0.4) is 0 Å². The van der Waals surface area contributed by atoms with Gasteiger partial charge >= 0.3 is 12.2 Å². The van der Waals surface area contributed by atoms with Crippen LogP contribution in [0.4, 0.5) is 17.6 Å². The van der Waals surface area contributed by atoms with Gasteiger partial charge in [-0.05, 0) is 24.3 Å². The molecule has 2 aromatic rings. The molecule has 0 aliphatic carbocycles. The van der Waals surface area contributed by atoms with E-state index < -0.39 is 23.7 Å². The van der Waals surface area contributed by atoms with E-state index in [2.05, 4.69) is 25.9 Å². The van der Waals surface area contributed by atoms with Gasteiger partial charge in [0.25, 0.3) is 0 Å². The molecule has 0 bridgehead atoms. The molecule has 0 saturated heterocycles. The molecule has 2 rings (SSSR count). The Hall–Kier alpha value is -1.70. The van der Waals surface area contributed by atoms with Crippen molar-refractivity contribution in [1.82, 2.24) is 9.97 Å². The van der Waals surface area contributed by atoms with E-state index in [9.17, 15) is 17.6 Å². The molecule has 19 heavy (non-hydrogen) atoms. The van der Waals surface area contributed by atoms with Crippen molar-refractivity contribution in [2.24, 2.45) is 0 Å². The zero-order valence-corrected chi connectivity index (χ0v) is 10.7. The van der Waals surface area contributed by atoms with Crippen LogP contribution in [0.5, 0.6) is 11.8 Å². The molecule has 0 amide bonds. The average molecular weight is 337 g/mol. The third-order valence-electron chi connectivity index (χ3n) is 2.02. The molecule has 100 valence electrons. The Kier molecular flexibility index (Phi) is 3.70. The number of benzene rings is 1. The predicted molar refractivity (Wildman–Crippen MR) is 61.2 cm³/mol. The Morgan fingerprint density at radius 3 is 2.58 bits per heavy atom. The summed E-state index contributed by atoms with van der Waals surface area (Å²) in [5.74, 6) is -1.00. The van der Waals surface area contributed by atoms with Crippen molar-refractivity contribution in [1.29, 1.82) is 0 Å². The van der Waals surface area contributed by atoms with Gasteiger partial charge < -0.3 is 4.74 Å². The minimum absolute atomic E-state index is 0.270. The zero-order chi connectivity index (χ0) is 14.0. The van der Waals surface area contributed by atoms with Crippen LogP contribution in [0.1, 0.15) is 5.69 Å². The number of rotatable bonds is 2. The van der Waals surface area contributed by atoms with Crippen LogP contribution < -0.4 is 4.74 Å². The van der Waals surface area contributed by atoms with Crippen molar-refractivity contribution in [3.63, 3.8) is 0 Å². The van der Waals surface area contributed by atoms with Gasteiger partial charge in [-0.1, -0.05) is 15.9 Å². The summed E-state index contributed by atoms with van der Waals surface area (Å²) in [7, 11) is 0. The molecule has 1 aromatic carbocycles. The fourth-order valence-electron chi connectivity index (χ4n) is 1.20. The predicted octanol–water partition coefficient (Wildman–Crippen LogP) is 4.19. The highest BCUT2D eigenvalue weighted by molar-refractivity contribution is 9.10. The molecule has 0 atom stereocenters. The first-order valence-corrected chi connectivity index (χ1v) is 5.69. The maximum atomic E-state index is 13.4. The molecule has 0 N–H and O–H groups in total. The van der Waals surface area contributed by atoms with Crippen LogP contribution >= 0.6 is 15.9 Å². The maximum absolute atomic E-state index is 13.4. The number of hydrogen-bond donors (Lipinski definition) is 0. The SMILES string of the molecule is Fc1ccc(Br)cc1Oc1nccc(C(F)(F)F)n1. The molecule has 0 unspecified atom stereocenters. The quantitative estimate of drug-likeness (QED) is 0.771. The Morgan fingerprint density at radius 1 is 1.16 bits per heavy atom. The molecule has 3 nitrogen and oxygen atoms in total.